The number of hydrogen-bond acceptors (Lipinski definition) is 5. The van der Waals surface area contributed by atoms with Crippen molar-refractivity contribution in [3.63, 3.8) is 0 Å². The van der Waals surface area contributed by atoms with E-state index in [0.29, 0.717) is 0 Å². The average Bonchev–Trinajstić information content (AvgIpc) is 2.18. The van der Waals surface area contributed by atoms with Crippen LogP contribution in [-0.2, 0) is 19.1 Å². The normalized spacial score (nSPS) is 14.1. The number of nitrogens with two attached hydrogens (primary N) is 1. The fourth-order valence-corrected chi connectivity index (χ4v) is 1.17. The average molecular weight is 229 g/mol. The third-order valence-electron chi connectivity index (χ3n) is 2.11. The zero-order valence-corrected chi connectivity index (χ0v) is 9.99. The molecule has 0 spiro atoms. The van der Waals surface area contributed by atoms with Crippen LogP contribution in [0.1, 0.15) is 20.8 Å². The molecular formula is C11H19NO4. The Morgan fingerprint density at radius 1 is 1.31 bits per heavy atom. The Labute approximate surface area is 95.6 Å². The van der Waals surface area contributed by atoms with Gasteiger partial charge in [-0.15, -0.1) is 6.58 Å². The van der Waals surface area contributed by atoms with Crippen LogP contribution in [0.15, 0.2) is 12.7 Å². The Hall–Kier alpha value is -1.36. The molecule has 0 aromatic rings. The molecule has 0 bridgehead atoms. The van der Waals surface area contributed by atoms with Crippen molar-refractivity contribution in [3.8, 4) is 0 Å². The van der Waals surface area contributed by atoms with Gasteiger partial charge in [0, 0.05) is 0 Å². The fraction of sp³-hybridized carbons (Fsp3) is 0.636. The van der Waals surface area contributed by atoms with Crippen LogP contribution in [-0.4, -0.2) is 30.7 Å². The molecule has 0 aromatic carbocycles. The number of carbonyl (C=O) groups is 2. The van der Waals surface area contributed by atoms with Gasteiger partial charge in [0.1, 0.15) is 0 Å². The van der Waals surface area contributed by atoms with Gasteiger partial charge in [-0.2, -0.15) is 0 Å². The predicted octanol–water partition coefficient (Wildman–Crippen LogP) is 0.632. The van der Waals surface area contributed by atoms with E-state index in [9.17, 15) is 9.59 Å². The first kappa shape index (κ1) is 14.6. The third kappa shape index (κ3) is 3.66. The van der Waals surface area contributed by atoms with E-state index in [1.165, 1.54) is 13.0 Å². The minimum Gasteiger partial charge on any atom is -0.465 e. The van der Waals surface area contributed by atoms with Crippen LogP contribution < -0.4 is 5.73 Å². The molecule has 0 saturated carbocycles. The lowest BCUT2D eigenvalue weighted by Crippen LogP contribution is -2.51. The molecule has 0 aliphatic carbocycles. The summed E-state index contributed by atoms with van der Waals surface area (Å²) >= 11 is 0. The van der Waals surface area contributed by atoms with Gasteiger partial charge in [-0.25, -0.2) is 0 Å². The molecule has 1 unspecified atom stereocenters. The van der Waals surface area contributed by atoms with E-state index in [-0.39, 0.29) is 13.2 Å². The van der Waals surface area contributed by atoms with Gasteiger partial charge < -0.3 is 15.2 Å². The lowest BCUT2D eigenvalue weighted by molar-refractivity contribution is -0.163. The van der Waals surface area contributed by atoms with Crippen LogP contribution in [0.25, 0.3) is 0 Å². The second-order valence-electron chi connectivity index (χ2n) is 3.51. The summed E-state index contributed by atoms with van der Waals surface area (Å²) in [5.41, 5.74) is 4.62. The highest BCUT2D eigenvalue weighted by atomic mass is 16.6. The first-order chi connectivity index (χ1) is 7.40. The van der Waals surface area contributed by atoms with Crippen LogP contribution in [0, 0.1) is 5.92 Å². The van der Waals surface area contributed by atoms with E-state index in [1.54, 1.807) is 13.8 Å². The summed E-state index contributed by atoms with van der Waals surface area (Å²) in [6.07, 6.45) is 1.34. The lowest BCUT2D eigenvalue weighted by atomic mass is 9.86. The molecule has 2 N–H and O–H groups in total. The van der Waals surface area contributed by atoms with Gasteiger partial charge in [0.15, 0.2) is 5.92 Å². The van der Waals surface area contributed by atoms with E-state index in [2.05, 4.69) is 6.58 Å². The van der Waals surface area contributed by atoms with Crippen LogP contribution in [0.5, 0.6) is 0 Å². The van der Waals surface area contributed by atoms with Gasteiger partial charge in [-0.3, -0.25) is 9.59 Å². The Balaban J connectivity index is 4.97. The van der Waals surface area contributed by atoms with Gasteiger partial charge in [0.2, 0.25) is 0 Å². The first-order valence-electron chi connectivity index (χ1n) is 5.16. The van der Waals surface area contributed by atoms with E-state index < -0.39 is 23.4 Å². The van der Waals surface area contributed by atoms with E-state index in [4.69, 9.17) is 15.2 Å². The van der Waals surface area contributed by atoms with Crippen molar-refractivity contribution in [2.75, 3.05) is 13.2 Å². The molecule has 5 nitrogen and oxygen atoms in total. The van der Waals surface area contributed by atoms with Crippen molar-refractivity contribution in [1.82, 2.24) is 0 Å². The maximum absolute atomic E-state index is 11.6. The van der Waals surface area contributed by atoms with Crippen LogP contribution in [0.4, 0.5) is 0 Å². The molecule has 0 rings (SSSR count). The second-order valence-corrected chi connectivity index (χ2v) is 3.51. The van der Waals surface area contributed by atoms with Gasteiger partial charge in [-0.1, -0.05) is 6.08 Å². The molecular weight excluding hydrogens is 210 g/mol. The number of carbonyl (C=O) groups excluding carboxylic acids is 2. The molecule has 0 fully saturated rings. The summed E-state index contributed by atoms with van der Waals surface area (Å²) in [7, 11) is 0. The highest BCUT2D eigenvalue weighted by molar-refractivity contribution is 5.96. The SMILES string of the molecule is C=CC(C)(N)C(C(=O)OCC)C(=O)OCC. The summed E-state index contributed by atoms with van der Waals surface area (Å²) in [6, 6.07) is 0. The molecule has 1 atom stereocenters. The topological polar surface area (TPSA) is 78.6 Å². The fourth-order valence-electron chi connectivity index (χ4n) is 1.17. The highest BCUT2D eigenvalue weighted by Gasteiger charge is 2.42. The van der Waals surface area contributed by atoms with Crippen molar-refractivity contribution in [3.05, 3.63) is 12.7 Å². The molecule has 92 valence electrons. The summed E-state index contributed by atoms with van der Waals surface area (Å²) < 4.78 is 9.58. The predicted molar refractivity (Wildman–Crippen MR) is 59.5 cm³/mol. The van der Waals surface area contributed by atoms with Crippen LogP contribution in [0.3, 0.4) is 0 Å². The van der Waals surface area contributed by atoms with Gasteiger partial charge in [0.25, 0.3) is 0 Å². The van der Waals surface area contributed by atoms with Crippen molar-refractivity contribution in [1.29, 1.82) is 0 Å². The van der Waals surface area contributed by atoms with Gasteiger partial charge in [0.05, 0.1) is 18.8 Å². The quantitative estimate of drug-likeness (QED) is 0.410. The Bertz CT molecular complexity index is 255. The Morgan fingerprint density at radius 3 is 1.94 bits per heavy atom. The molecule has 16 heavy (non-hydrogen) atoms. The lowest BCUT2D eigenvalue weighted by Gasteiger charge is -2.27. The molecule has 0 aliphatic heterocycles. The van der Waals surface area contributed by atoms with E-state index in [1.807, 2.05) is 0 Å². The third-order valence-corrected chi connectivity index (χ3v) is 2.11. The summed E-state index contributed by atoms with van der Waals surface area (Å²) in [5.74, 6) is -2.55. The number of esters is 2. The Morgan fingerprint density at radius 2 is 1.69 bits per heavy atom. The maximum Gasteiger partial charge on any atom is 0.322 e. The summed E-state index contributed by atoms with van der Waals surface area (Å²) in [5, 5.41) is 0. The van der Waals surface area contributed by atoms with Crippen molar-refractivity contribution < 1.29 is 19.1 Å². The summed E-state index contributed by atoms with van der Waals surface area (Å²) in [4.78, 5) is 23.2. The molecule has 0 saturated heterocycles. The maximum atomic E-state index is 11.6. The molecule has 5 heteroatoms. The number of ether oxygens (including phenoxy) is 2. The van der Waals surface area contributed by atoms with Crippen molar-refractivity contribution in [2.45, 2.75) is 26.3 Å². The van der Waals surface area contributed by atoms with Crippen molar-refractivity contribution in [2.24, 2.45) is 11.7 Å². The monoisotopic (exact) mass is 229 g/mol. The minimum absolute atomic E-state index is 0.183. The number of rotatable bonds is 6. The molecule has 0 amide bonds. The van der Waals surface area contributed by atoms with E-state index in [0.717, 1.165) is 0 Å². The molecule has 0 aromatic heterocycles. The largest absolute Gasteiger partial charge is 0.465 e. The van der Waals surface area contributed by atoms with Crippen molar-refractivity contribution >= 4 is 11.9 Å². The van der Waals surface area contributed by atoms with Crippen LogP contribution >= 0.6 is 0 Å². The molecule has 0 aliphatic rings. The zero-order chi connectivity index (χ0) is 12.8. The Kier molecular flexibility index (Phi) is 5.74. The minimum atomic E-state index is -1.18. The standard InChI is InChI=1S/C11H19NO4/c1-5-11(4,12)8(9(13)15-6-2)10(14)16-7-3/h5,8H,1,6-7,12H2,2-4H3. The first-order valence-corrected chi connectivity index (χ1v) is 5.16. The highest BCUT2D eigenvalue weighted by Crippen LogP contribution is 2.19. The zero-order valence-electron chi connectivity index (χ0n) is 9.99. The summed E-state index contributed by atoms with van der Waals surface area (Å²) in [6.45, 7) is 8.70. The molecule has 0 heterocycles. The smallest absolute Gasteiger partial charge is 0.322 e. The second kappa shape index (κ2) is 6.27. The van der Waals surface area contributed by atoms with E-state index >= 15 is 0 Å². The number of hydrogen-bond donors (Lipinski definition) is 1. The van der Waals surface area contributed by atoms with Crippen LogP contribution in [0.2, 0.25) is 0 Å². The molecule has 0 radical (unpaired) electrons. The van der Waals surface area contributed by atoms with Gasteiger partial charge in [-0.05, 0) is 20.8 Å². The van der Waals surface area contributed by atoms with Gasteiger partial charge >= 0.3 is 11.9 Å².